The van der Waals surface area contributed by atoms with E-state index >= 15 is 0 Å². The van der Waals surface area contributed by atoms with Gasteiger partial charge in [0.25, 0.3) is 0 Å². The third-order valence-electron chi connectivity index (χ3n) is 4.30. The summed E-state index contributed by atoms with van der Waals surface area (Å²) in [6.07, 6.45) is 3.88. The highest BCUT2D eigenvalue weighted by Crippen LogP contribution is 2.24. The van der Waals surface area contributed by atoms with Crippen molar-refractivity contribution in [3.8, 4) is 0 Å². The first-order valence-electron chi connectivity index (χ1n) is 8.62. The SMILES string of the molecule is CN(CC(=O)Nc1cccc(N2CCCC2=O)c1)Cc1nccn1C(F)F. The van der Waals surface area contributed by atoms with Crippen LogP contribution >= 0.6 is 0 Å². The van der Waals surface area contributed by atoms with Crippen LogP contribution in [-0.4, -0.2) is 46.4 Å². The van der Waals surface area contributed by atoms with Crippen LogP contribution in [-0.2, 0) is 16.1 Å². The van der Waals surface area contributed by atoms with Crippen molar-refractivity contribution in [3.05, 3.63) is 42.5 Å². The number of nitrogens with one attached hydrogen (secondary N) is 1. The van der Waals surface area contributed by atoms with Crippen molar-refractivity contribution in [1.82, 2.24) is 14.5 Å². The highest BCUT2D eigenvalue weighted by molar-refractivity contribution is 5.97. The van der Waals surface area contributed by atoms with E-state index in [2.05, 4.69) is 10.3 Å². The van der Waals surface area contributed by atoms with Crippen LogP contribution in [0.2, 0.25) is 0 Å². The Labute approximate surface area is 155 Å². The molecule has 0 unspecified atom stereocenters. The van der Waals surface area contributed by atoms with Crippen LogP contribution in [0, 0.1) is 0 Å². The average Bonchev–Trinajstić information content (AvgIpc) is 3.23. The standard InChI is InChI=1S/C18H21F2N5O2/c1-23(11-15-21-7-9-25(15)18(19)20)12-16(26)22-13-4-2-5-14(10-13)24-8-3-6-17(24)27/h2,4-5,7,9-10,18H,3,6,8,11-12H2,1H3,(H,22,26). The van der Waals surface area contributed by atoms with Crippen LogP contribution < -0.4 is 10.2 Å². The minimum Gasteiger partial charge on any atom is -0.325 e. The van der Waals surface area contributed by atoms with Gasteiger partial charge in [0, 0.05) is 36.7 Å². The summed E-state index contributed by atoms with van der Waals surface area (Å²) >= 11 is 0. The first kappa shape index (κ1) is 19.0. The van der Waals surface area contributed by atoms with Crippen molar-refractivity contribution in [2.45, 2.75) is 25.9 Å². The fourth-order valence-corrected chi connectivity index (χ4v) is 3.06. The highest BCUT2D eigenvalue weighted by atomic mass is 19.3. The molecule has 0 radical (unpaired) electrons. The molecule has 1 aromatic carbocycles. The molecule has 0 bridgehead atoms. The van der Waals surface area contributed by atoms with E-state index in [-0.39, 0.29) is 30.7 Å². The number of amides is 2. The Hall–Kier alpha value is -2.81. The van der Waals surface area contributed by atoms with Gasteiger partial charge in [0.1, 0.15) is 5.82 Å². The molecule has 0 spiro atoms. The minimum absolute atomic E-state index is 0.0168. The number of halogens is 2. The molecule has 2 aromatic rings. The van der Waals surface area contributed by atoms with Gasteiger partial charge in [0.05, 0.1) is 13.1 Å². The molecule has 2 amide bonds. The molecule has 27 heavy (non-hydrogen) atoms. The van der Waals surface area contributed by atoms with Crippen LogP contribution in [0.1, 0.15) is 25.2 Å². The summed E-state index contributed by atoms with van der Waals surface area (Å²) in [5.74, 6) is -0.0138. The van der Waals surface area contributed by atoms with Gasteiger partial charge in [-0.05, 0) is 31.7 Å². The lowest BCUT2D eigenvalue weighted by Crippen LogP contribution is -2.31. The fourth-order valence-electron chi connectivity index (χ4n) is 3.06. The molecule has 1 aliphatic rings. The Morgan fingerprint density at radius 1 is 1.41 bits per heavy atom. The van der Waals surface area contributed by atoms with E-state index in [1.165, 1.54) is 12.4 Å². The molecule has 2 heterocycles. The van der Waals surface area contributed by atoms with Gasteiger partial charge in [0.2, 0.25) is 11.8 Å². The predicted molar refractivity (Wildman–Crippen MR) is 96.5 cm³/mol. The molecule has 3 rings (SSSR count). The Balaban J connectivity index is 1.57. The summed E-state index contributed by atoms with van der Waals surface area (Å²) in [6, 6.07) is 7.10. The van der Waals surface area contributed by atoms with Crippen molar-refractivity contribution in [2.75, 3.05) is 30.4 Å². The van der Waals surface area contributed by atoms with Crippen LogP contribution in [0.15, 0.2) is 36.7 Å². The van der Waals surface area contributed by atoms with Gasteiger partial charge >= 0.3 is 6.55 Å². The Morgan fingerprint density at radius 3 is 2.93 bits per heavy atom. The van der Waals surface area contributed by atoms with Gasteiger partial charge < -0.3 is 10.2 Å². The van der Waals surface area contributed by atoms with Crippen LogP contribution in [0.3, 0.4) is 0 Å². The number of nitrogens with zero attached hydrogens (tertiary/aromatic N) is 4. The molecule has 1 saturated heterocycles. The van der Waals surface area contributed by atoms with Crippen molar-refractivity contribution < 1.29 is 18.4 Å². The lowest BCUT2D eigenvalue weighted by molar-refractivity contribution is -0.117. The van der Waals surface area contributed by atoms with E-state index in [0.717, 1.165) is 16.7 Å². The molecular formula is C18H21F2N5O2. The molecule has 0 atom stereocenters. The van der Waals surface area contributed by atoms with E-state index in [4.69, 9.17) is 0 Å². The normalized spacial score (nSPS) is 14.4. The van der Waals surface area contributed by atoms with E-state index < -0.39 is 6.55 Å². The average molecular weight is 377 g/mol. The molecule has 144 valence electrons. The molecular weight excluding hydrogens is 356 g/mol. The third-order valence-corrected chi connectivity index (χ3v) is 4.30. The maximum atomic E-state index is 12.9. The van der Waals surface area contributed by atoms with Gasteiger partial charge in [-0.3, -0.25) is 19.1 Å². The summed E-state index contributed by atoms with van der Waals surface area (Å²) in [5.41, 5.74) is 1.34. The lowest BCUT2D eigenvalue weighted by atomic mass is 10.2. The summed E-state index contributed by atoms with van der Waals surface area (Å²) in [5, 5.41) is 2.77. The quantitative estimate of drug-likeness (QED) is 0.805. The summed E-state index contributed by atoms with van der Waals surface area (Å²) < 4.78 is 26.5. The molecule has 1 aliphatic heterocycles. The number of carbonyl (C=O) groups is 2. The zero-order valence-electron chi connectivity index (χ0n) is 14.9. The number of likely N-dealkylation sites (N-methyl/N-ethyl adjacent to an activating group) is 1. The first-order chi connectivity index (χ1) is 12.9. The maximum absolute atomic E-state index is 12.9. The van der Waals surface area contributed by atoms with E-state index in [1.54, 1.807) is 35.0 Å². The van der Waals surface area contributed by atoms with E-state index in [1.807, 2.05) is 6.07 Å². The number of benzene rings is 1. The van der Waals surface area contributed by atoms with Crippen LogP contribution in [0.4, 0.5) is 20.2 Å². The van der Waals surface area contributed by atoms with Crippen LogP contribution in [0.5, 0.6) is 0 Å². The van der Waals surface area contributed by atoms with Gasteiger partial charge in [-0.25, -0.2) is 4.98 Å². The smallest absolute Gasteiger partial charge is 0.319 e. The molecule has 0 aliphatic carbocycles. The van der Waals surface area contributed by atoms with Gasteiger partial charge in [-0.2, -0.15) is 8.78 Å². The number of alkyl halides is 2. The van der Waals surface area contributed by atoms with E-state index in [0.29, 0.717) is 18.7 Å². The fraction of sp³-hybridized carbons (Fsp3) is 0.389. The van der Waals surface area contributed by atoms with Crippen LogP contribution in [0.25, 0.3) is 0 Å². The largest absolute Gasteiger partial charge is 0.325 e. The Kier molecular flexibility index (Phi) is 5.80. The first-order valence-corrected chi connectivity index (χ1v) is 8.62. The number of anilines is 2. The number of hydrogen-bond donors (Lipinski definition) is 1. The van der Waals surface area contributed by atoms with Gasteiger partial charge in [0.15, 0.2) is 0 Å². The molecule has 1 aromatic heterocycles. The maximum Gasteiger partial charge on any atom is 0.319 e. The third kappa shape index (κ3) is 4.68. The summed E-state index contributed by atoms with van der Waals surface area (Å²) in [6.45, 7) is -1.85. The number of aromatic nitrogens is 2. The van der Waals surface area contributed by atoms with E-state index in [9.17, 15) is 18.4 Å². The number of imidazole rings is 1. The second kappa shape index (κ2) is 8.26. The number of carbonyl (C=O) groups excluding carboxylic acids is 2. The molecule has 7 nitrogen and oxygen atoms in total. The second-order valence-electron chi connectivity index (χ2n) is 6.45. The van der Waals surface area contributed by atoms with Crippen molar-refractivity contribution >= 4 is 23.2 Å². The van der Waals surface area contributed by atoms with Gasteiger partial charge in [-0.1, -0.05) is 6.07 Å². The van der Waals surface area contributed by atoms with Gasteiger partial charge in [-0.15, -0.1) is 0 Å². The summed E-state index contributed by atoms with van der Waals surface area (Å²) in [4.78, 5) is 31.3. The molecule has 1 fully saturated rings. The number of rotatable bonds is 7. The molecule has 1 N–H and O–H groups in total. The zero-order chi connectivity index (χ0) is 19.4. The highest BCUT2D eigenvalue weighted by Gasteiger charge is 2.22. The Morgan fingerprint density at radius 2 is 2.22 bits per heavy atom. The van der Waals surface area contributed by atoms with Crippen molar-refractivity contribution in [1.29, 1.82) is 0 Å². The predicted octanol–water partition coefficient (Wildman–Crippen LogP) is 2.48. The summed E-state index contributed by atoms with van der Waals surface area (Å²) in [7, 11) is 1.66. The lowest BCUT2D eigenvalue weighted by Gasteiger charge is -2.18. The minimum atomic E-state index is -2.67. The topological polar surface area (TPSA) is 70.5 Å². The monoisotopic (exact) mass is 377 g/mol. The molecule has 9 heteroatoms. The van der Waals surface area contributed by atoms with Crippen molar-refractivity contribution in [2.24, 2.45) is 0 Å². The Bertz CT molecular complexity index is 824. The molecule has 0 saturated carbocycles. The second-order valence-corrected chi connectivity index (χ2v) is 6.45. The van der Waals surface area contributed by atoms with Crippen molar-refractivity contribution in [3.63, 3.8) is 0 Å². The zero-order valence-corrected chi connectivity index (χ0v) is 14.9. The number of hydrogen-bond acceptors (Lipinski definition) is 4.